The molecule has 2 rings (SSSR count). The minimum Gasteiger partial charge on any atom is -0.394 e. The molecule has 2 unspecified atom stereocenters. The molecule has 112 valence electrons. The van der Waals surface area contributed by atoms with Crippen LogP contribution in [-0.4, -0.2) is 52.5 Å². The Morgan fingerprint density at radius 2 is 2.05 bits per heavy atom. The average molecular weight is 300 g/mol. The highest BCUT2D eigenvalue weighted by Gasteiger charge is 2.26. The van der Waals surface area contributed by atoms with Crippen molar-refractivity contribution in [2.24, 2.45) is 0 Å². The van der Waals surface area contributed by atoms with E-state index in [9.17, 15) is 13.5 Å². The fourth-order valence-electron chi connectivity index (χ4n) is 2.22. The van der Waals surface area contributed by atoms with Crippen LogP contribution in [0.5, 0.6) is 0 Å². The van der Waals surface area contributed by atoms with Gasteiger partial charge in [-0.15, -0.1) is 0 Å². The van der Waals surface area contributed by atoms with Crippen LogP contribution in [-0.2, 0) is 14.8 Å². The SMILES string of the molecule is CNS(=O)(=O)c1ccc(N2CC(CO)OCC2C)cc1. The molecule has 1 aromatic carbocycles. The van der Waals surface area contributed by atoms with E-state index in [4.69, 9.17) is 4.74 Å². The van der Waals surface area contributed by atoms with Crippen LogP contribution < -0.4 is 9.62 Å². The van der Waals surface area contributed by atoms with E-state index in [1.807, 2.05) is 6.92 Å². The molecule has 0 saturated carbocycles. The molecule has 1 aromatic rings. The smallest absolute Gasteiger partial charge is 0.240 e. The first-order valence-corrected chi connectivity index (χ1v) is 7.99. The molecule has 6 nitrogen and oxygen atoms in total. The van der Waals surface area contributed by atoms with E-state index >= 15 is 0 Å². The molecule has 20 heavy (non-hydrogen) atoms. The molecular formula is C13H20N2O4S. The number of morpholine rings is 1. The summed E-state index contributed by atoms with van der Waals surface area (Å²) in [5, 5.41) is 9.19. The van der Waals surface area contributed by atoms with E-state index in [1.165, 1.54) is 7.05 Å². The van der Waals surface area contributed by atoms with Gasteiger partial charge in [-0.05, 0) is 38.2 Å². The molecule has 1 heterocycles. The van der Waals surface area contributed by atoms with Crippen LogP contribution in [0.4, 0.5) is 5.69 Å². The summed E-state index contributed by atoms with van der Waals surface area (Å²) in [6, 6.07) is 6.90. The van der Waals surface area contributed by atoms with Gasteiger partial charge in [-0.25, -0.2) is 13.1 Å². The highest BCUT2D eigenvalue weighted by atomic mass is 32.2. The van der Waals surface area contributed by atoms with Crippen LogP contribution in [0, 0.1) is 0 Å². The lowest BCUT2D eigenvalue weighted by atomic mass is 10.1. The third-order valence-electron chi connectivity index (χ3n) is 3.46. The molecule has 2 N–H and O–H groups in total. The fraction of sp³-hybridized carbons (Fsp3) is 0.538. The van der Waals surface area contributed by atoms with Crippen LogP contribution in [0.15, 0.2) is 29.2 Å². The number of ether oxygens (including phenoxy) is 1. The van der Waals surface area contributed by atoms with Crippen LogP contribution in [0.3, 0.4) is 0 Å². The first-order chi connectivity index (χ1) is 9.47. The Bertz CT molecular complexity index is 544. The Hall–Kier alpha value is -1.15. The first-order valence-electron chi connectivity index (χ1n) is 6.50. The van der Waals surface area contributed by atoms with Crippen molar-refractivity contribution in [3.05, 3.63) is 24.3 Å². The van der Waals surface area contributed by atoms with E-state index in [1.54, 1.807) is 24.3 Å². The predicted octanol–water partition coefficient (Wildman–Crippen LogP) is 0.181. The Morgan fingerprint density at radius 3 is 2.60 bits per heavy atom. The summed E-state index contributed by atoms with van der Waals surface area (Å²) in [6.45, 7) is 3.15. The second-order valence-electron chi connectivity index (χ2n) is 4.84. The van der Waals surface area contributed by atoms with Crippen molar-refractivity contribution in [2.75, 3.05) is 31.7 Å². The molecule has 0 amide bonds. The topological polar surface area (TPSA) is 78.9 Å². The fourth-order valence-corrected chi connectivity index (χ4v) is 2.95. The largest absolute Gasteiger partial charge is 0.394 e. The molecule has 1 fully saturated rings. The van der Waals surface area contributed by atoms with Gasteiger partial charge in [0.2, 0.25) is 10.0 Å². The summed E-state index contributed by atoms with van der Waals surface area (Å²) in [5.41, 5.74) is 0.925. The zero-order valence-corrected chi connectivity index (χ0v) is 12.4. The predicted molar refractivity (Wildman–Crippen MR) is 76.3 cm³/mol. The molecule has 1 saturated heterocycles. The minimum absolute atomic E-state index is 0.0184. The second kappa shape index (κ2) is 6.09. The molecule has 1 aliphatic heterocycles. The summed E-state index contributed by atoms with van der Waals surface area (Å²) >= 11 is 0. The maximum Gasteiger partial charge on any atom is 0.240 e. The lowest BCUT2D eigenvalue weighted by Gasteiger charge is -2.39. The van der Waals surface area contributed by atoms with Crippen molar-refractivity contribution in [3.63, 3.8) is 0 Å². The highest BCUT2D eigenvalue weighted by molar-refractivity contribution is 7.89. The Labute approximate surface area is 119 Å². The van der Waals surface area contributed by atoms with Gasteiger partial charge in [0, 0.05) is 18.3 Å². The molecule has 0 aliphatic carbocycles. The molecule has 0 spiro atoms. The number of aliphatic hydroxyl groups is 1. The van der Waals surface area contributed by atoms with Crippen LogP contribution in [0.25, 0.3) is 0 Å². The molecule has 2 atom stereocenters. The minimum atomic E-state index is -3.41. The monoisotopic (exact) mass is 300 g/mol. The zero-order chi connectivity index (χ0) is 14.8. The van der Waals surface area contributed by atoms with Crippen molar-refractivity contribution in [3.8, 4) is 0 Å². The quantitative estimate of drug-likeness (QED) is 0.829. The van der Waals surface area contributed by atoms with Gasteiger partial charge in [-0.1, -0.05) is 0 Å². The Morgan fingerprint density at radius 1 is 1.40 bits per heavy atom. The van der Waals surface area contributed by atoms with E-state index in [0.717, 1.165) is 5.69 Å². The number of benzene rings is 1. The molecule has 7 heteroatoms. The number of aliphatic hydroxyl groups excluding tert-OH is 1. The molecule has 0 aromatic heterocycles. The molecule has 1 aliphatic rings. The molecule has 0 radical (unpaired) electrons. The van der Waals surface area contributed by atoms with Gasteiger partial charge >= 0.3 is 0 Å². The third kappa shape index (κ3) is 3.12. The summed E-state index contributed by atoms with van der Waals surface area (Å²) < 4.78 is 31.1. The van der Waals surface area contributed by atoms with E-state index in [2.05, 4.69) is 9.62 Å². The van der Waals surface area contributed by atoms with Gasteiger partial charge in [-0.2, -0.15) is 0 Å². The summed E-state index contributed by atoms with van der Waals surface area (Å²) in [6.07, 6.45) is -0.202. The van der Waals surface area contributed by atoms with Crippen LogP contribution in [0.1, 0.15) is 6.92 Å². The summed E-state index contributed by atoms with van der Waals surface area (Å²) in [7, 11) is -2.02. The average Bonchev–Trinajstić information content (AvgIpc) is 2.48. The van der Waals surface area contributed by atoms with Gasteiger partial charge in [0.25, 0.3) is 0 Å². The van der Waals surface area contributed by atoms with Crippen LogP contribution >= 0.6 is 0 Å². The van der Waals surface area contributed by atoms with Gasteiger partial charge in [-0.3, -0.25) is 0 Å². The number of nitrogens with one attached hydrogen (secondary N) is 1. The summed E-state index contributed by atoms with van der Waals surface area (Å²) in [4.78, 5) is 2.35. The number of nitrogens with zero attached hydrogens (tertiary/aromatic N) is 1. The maximum absolute atomic E-state index is 11.7. The van der Waals surface area contributed by atoms with Crippen molar-refractivity contribution < 1.29 is 18.3 Å². The highest BCUT2D eigenvalue weighted by Crippen LogP contribution is 2.23. The van der Waals surface area contributed by atoms with Crippen molar-refractivity contribution in [1.82, 2.24) is 4.72 Å². The first kappa shape index (κ1) is 15.2. The Balaban J connectivity index is 2.21. The van der Waals surface area contributed by atoms with Gasteiger partial charge in [0.05, 0.1) is 24.2 Å². The zero-order valence-electron chi connectivity index (χ0n) is 11.6. The maximum atomic E-state index is 11.7. The van der Waals surface area contributed by atoms with Crippen LogP contribution in [0.2, 0.25) is 0 Å². The third-order valence-corrected chi connectivity index (χ3v) is 4.89. The Kier molecular flexibility index (Phi) is 4.64. The molecule has 0 bridgehead atoms. The number of rotatable bonds is 4. The number of sulfonamides is 1. The lowest BCUT2D eigenvalue weighted by molar-refractivity contribution is -0.0103. The van der Waals surface area contributed by atoms with Crippen molar-refractivity contribution >= 4 is 15.7 Å². The lowest BCUT2D eigenvalue weighted by Crippen LogP contribution is -2.49. The van der Waals surface area contributed by atoms with Gasteiger partial charge in [0.15, 0.2) is 0 Å². The van der Waals surface area contributed by atoms with E-state index < -0.39 is 10.0 Å². The van der Waals surface area contributed by atoms with Gasteiger partial charge in [0.1, 0.15) is 0 Å². The van der Waals surface area contributed by atoms with Crippen molar-refractivity contribution in [1.29, 1.82) is 0 Å². The molecular weight excluding hydrogens is 280 g/mol. The van der Waals surface area contributed by atoms with E-state index in [0.29, 0.717) is 13.2 Å². The van der Waals surface area contributed by atoms with E-state index in [-0.39, 0.29) is 23.6 Å². The summed E-state index contributed by atoms with van der Waals surface area (Å²) in [5.74, 6) is 0. The van der Waals surface area contributed by atoms with Gasteiger partial charge < -0.3 is 14.7 Å². The number of hydrogen-bond acceptors (Lipinski definition) is 5. The number of anilines is 1. The van der Waals surface area contributed by atoms with Crippen molar-refractivity contribution in [2.45, 2.75) is 24.0 Å². The standard InChI is InChI=1S/C13H20N2O4S/c1-10-9-19-12(8-16)7-15(10)11-3-5-13(6-4-11)20(17,18)14-2/h3-6,10,12,14,16H,7-9H2,1-2H3. The normalized spacial score (nSPS) is 23.9. The second-order valence-corrected chi connectivity index (χ2v) is 6.73. The number of hydrogen-bond donors (Lipinski definition) is 2.